The number of nitrogens with zero attached hydrogens (tertiary/aromatic N) is 2. The maximum Gasteiger partial charge on any atom is 0.291 e. The third-order valence-electron chi connectivity index (χ3n) is 5.12. The third-order valence-corrected chi connectivity index (χ3v) is 5.12. The number of anilines is 1. The Kier molecular flexibility index (Phi) is 5.24. The van der Waals surface area contributed by atoms with E-state index in [1.165, 1.54) is 0 Å². The van der Waals surface area contributed by atoms with Gasteiger partial charge in [0, 0.05) is 10.9 Å². The molecular formula is C25H19N3O5. The van der Waals surface area contributed by atoms with Crippen molar-refractivity contribution in [3.8, 4) is 34.3 Å². The van der Waals surface area contributed by atoms with Crippen LogP contribution >= 0.6 is 0 Å². The predicted molar refractivity (Wildman–Crippen MR) is 122 cm³/mol. The van der Waals surface area contributed by atoms with Gasteiger partial charge in [0.1, 0.15) is 5.58 Å². The Balaban J connectivity index is 1.44. The van der Waals surface area contributed by atoms with Crippen molar-refractivity contribution in [2.75, 3.05) is 19.5 Å². The van der Waals surface area contributed by atoms with E-state index in [9.17, 15) is 4.79 Å². The Hall–Kier alpha value is -4.59. The van der Waals surface area contributed by atoms with Gasteiger partial charge in [-0.1, -0.05) is 35.5 Å². The number of carbonyl (C=O) groups excluding carboxylic acids is 1. The molecule has 2 aromatic heterocycles. The minimum Gasteiger partial charge on any atom is -0.493 e. The fraction of sp³-hybridized carbons (Fsp3) is 0.0800. The van der Waals surface area contributed by atoms with Crippen LogP contribution in [0.1, 0.15) is 10.6 Å². The summed E-state index contributed by atoms with van der Waals surface area (Å²) in [5, 5.41) is 7.81. The normalized spacial score (nSPS) is 10.8. The van der Waals surface area contributed by atoms with Crippen molar-refractivity contribution in [2.24, 2.45) is 0 Å². The van der Waals surface area contributed by atoms with E-state index in [2.05, 4.69) is 15.5 Å². The van der Waals surface area contributed by atoms with Gasteiger partial charge in [0.25, 0.3) is 11.8 Å². The van der Waals surface area contributed by atoms with Crippen LogP contribution in [0.5, 0.6) is 11.5 Å². The minimum atomic E-state index is -0.377. The molecule has 0 unspecified atom stereocenters. The lowest BCUT2D eigenvalue weighted by Gasteiger charge is -2.07. The molecule has 1 amide bonds. The molecular weight excluding hydrogens is 422 g/mol. The first-order valence-corrected chi connectivity index (χ1v) is 10.1. The van der Waals surface area contributed by atoms with Crippen molar-refractivity contribution in [1.29, 1.82) is 0 Å². The summed E-state index contributed by atoms with van der Waals surface area (Å²) in [5.74, 6) is 1.63. The van der Waals surface area contributed by atoms with E-state index in [1.54, 1.807) is 44.6 Å². The zero-order valence-electron chi connectivity index (χ0n) is 17.9. The lowest BCUT2D eigenvalue weighted by atomic mass is 10.1. The number of carbonyl (C=O) groups is 1. The van der Waals surface area contributed by atoms with Crippen LogP contribution in [0.3, 0.4) is 0 Å². The summed E-state index contributed by atoms with van der Waals surface area (Å²) in [6.45, 7) is 0. The number of ether oxygens (including phenoxy) is 2. The van der Waals surface area contributed by atoms with Gasteiger partial charge in [0.15, 0.2) is 17.3 Å². The van der Waals surface area contributed by atoms with E-state index >= 15 is 0 Å². The van der Waals surface area contributed by atoms with Crippen LogP contribution in [-0.4, -0.2) is 30.3 Å². The first-order valence-electron chi connectivity index (χ1n) is 10.1. The lowest BCUT2D eigenvalue weighted by molar-refractivity contribution is 0.0998. The molecule has 5 rings (SSSR count). The molecule has 0 saturated heterocycles. The number of methoxy groups -OCH3 is 2. The summed E-state index contributed by atoms with van der Waals surface area (Å²) in [6, 6.07) is 21.7. The van der Waals surface area contributed by atoms with Gasteiger partial charge in [-0.2, -0.15) is 4.98 Å². The molecule has 0 aliphatic carbocycles. The van der Waals surface area contributed by atoms with Gasteiger partial charge in [0.05, 0.1) is 25.5 Å². The molecule has 5 aromatic rings. The average Bonchev–Trinajstić information content (AvgIpc) is 3.51. The third kappa shape index (κ3) is 3.89. The molecule has 0 radical (unpaired) electrons. The number of aromatic nitrogens is 2. The molecule has 1 N–H and O–H groups in total. The number of hydrogen-bond acceptors (Lipinski definition) is 7. The number of nitrogens with one attached hydrogen (secondary N) is 1. The number of hydrogen-bond donors (Lipinski definition) is 1. The molecule has 0 atom stereocenters. The Labute approximate surface area is 188 Å². The summed E-state index contributed by atoms with van der Waals surface area (Å²) in [4.78, 5) is 17.3. The summed E-state index contributed by atoms with van der Waals surface area (Å²) in [6.07, 6.45) is 0. The first kappa shape index (κ1) is 20.3. The van der Waals surface area contributed by atoms with Gasteiger partial charge in [0.2, 0.25) is 5.82 Å². The molecule has 8 nitrogen and oxygen atoms in total. The predicted octanol–water partition coefficient (Wildman–Crippen LogP) is 5.42. The van der Waals surface area contributed by atoms with E-state index < -0.39 is 0 Å². The van der Waals surface area contributed by atoms with Crippen LogP contribution in [0.15, 0.2) is 81.7 Å². The molecule has 0 spiro atoms. The highest BCUT2D eigenvalue weighted by atomic mass is 16.5. The van der Waals surface area contributed by atoms with Gasteiger partial charge < -0.3 is 23.7 Å². The second-order valence-corrected chi connectivity index (χ2v) is 7.14. The summed E-state index contributed by atoms with van der Waals surface area (Å²) >= 11 is 0. The second-order valence-electron chi connectivity index (χ2n) is 7.14. The Morgan fingerprint density at radius 3 is 2.52 bits per heavy atom. The number of amides is 1. The van der Waals surface area contributed by atoms with Crippen LogP contribution in [0.25, 0.3) is 33.8 Å². The van der Waals surface area contributed by atoms with Gasteiger partial charge in [-0.05, 0) is 42.5 Å². The summed E-state index contributed by atoms with van der Waals surface area (Å²) in [5.41, 5.74) is 2.45. The Bertz CT molecular complexity index is 1420. The van der Waals surface area contributed by atoms with Gasteiger partial charge >= 0.3 is 0 Å². The van der Waals surface area contributed by atoms with E-state index in [4.69, 9.17) is 18.4 Å². The maximum atomic E-state index is 12.8. The van der Waals surface area contributed by atoms with Crippen molar-refractivity contribution in [3.63, 3.8) is 0 Å². The number of rotatable bonds is 6. The van der Waals surface area contributed by atoms with Crippen LogP contribution < -0.4 is 14.8 Å². The molecule has 164 valence electrons. The summed E-state index contributed by atoms with van der Waals surface area (Å²) in [7, 11) is 3.13. The van der Waals surface area contributed by atoms with Crippen molar-refractivity contribution in [3.05, 3.63) is 78.6 Å². The van der Waals surface area contributed by atoms with Gasteiger partial charge in [-0.15, -0.1) is 0 Å². The molecule has 33 heavy (non-hydrogen) atoms. The maximum absolute atomic E-state index is 12.8. The highest BCUT2D eigenvalue weighted by Gasteiger charge is 2.18. The minimum absolute atomic E-state index is 0.211. The van der Waals surface area contributed by atoms with Crippen LogP contribution in [0, 0.1) is 0 Å². The van der Waals surface area contributed by atoms with Gasteiger partial charge in [-0.25, -0.2) is 0 Å². The average molecular weight is 441 g/mol. The number of para-hydroxylation sites is 2. The fourth-order valence-electron chi connectivity index (χ4n) is 3.48. The Morgan fingerprint density at radius 2 is 1.70 bits per heavy atom. The number of benzene rings is 3. The SMILES string of the molecule is COc1ccc(-c2noc(-c3ccccc3NC(=O)c3cc4ccccc4o3)n2)cc1OC. The highest BCUT2D eigenvalue weighted by Crippen LogP contribution is 2.33. The van der Waals surface area contributed by atoms with Crippen molar-refractivity contribution in [1.82, 2.24) is 10.1 Å². The van der Waals surface area contributed by atoms with Crippen LogP contribution in [0.4, 0.5) is 5.69 Å². The topological polar surface area (TPSA) is 99.6 Å². The zero-order chi connectivity index (χ0) is 22.8. The quantitative estimate of drug-likeness (QED) is 0.376. The van der Waals surface area contributed by atoms with Crippen LogP contribution in [-0.2, 0) is 0 Å². The van der Waals surface area contributed by atoms with E-state index in [0.29, 0.717) is 39.7 Å². The molecule has 0 aliphatic heterocycles. The monoisotopic (exact) mass is 441 g/mol. The zero-order valence-corrected chi connectivity index (χ0v) is 17.9. The van der Waals surface area contributed by atoms with E-state index in [1.807, 2.05) is 42.5 Å². The summed E-state index contributed by atoms with van der Waals surface area (Å²) < 4.78 is 21.8. The number of fused-ring (bicyclic) bond motifs is 1. The molecule has 3 aromatic carbocycles. The smallest absolute Gasteiger partial charge is 0.291 e. The molecule has 8 heteroatoms. The van der Waals surface area contributed by atoms with Crippen LogP contribution in [0.2, 0.25) is 0 Å². The van der Waals surface area contributed by atoms with E-state index in [-0.39, 0.29) is 17.6 Å². The fourth-order valence-corrected chi connectivity index (χ4v) is 3.48. The first-order chi connectivity index (χ1) is 16.2. The molecule has 0 saturated carbocycles. The lowest BCUT2D eigenvalue weighted by Crippen LogP contribution is -2.11. The molecule has 2 heterocycles. The molecule has 0 aliphatic rings. The highest BCUT2D eigenvalue weighted by molar-refractivity contribution is 6.06. The largest absolute Gasteiger partial charge is 0.493 e. The van der Waals surface area contributed by atoms with Crippen molar-refractivity contribution in [2.45, 2.75) is 0 Å². The molecule has 0 fully saturated rings. The Morgan fingerprint density at radius 1 is 0.909 bits per heavy atom. The second kappa shape index (κ2) is 8.51. The van der Waals surface area contributed by atoms with Gasteiger partial charge in [-0.3, -0.25) is 4.79 Å². The van der Waals surface area contributed by atoms with E-state index in [0.717, 1.165) is 5.39 Å². The standard InChI is InChI=1S/C25H19N3O5/c1-30-20-12-11-16(14-21(20)31-2)23-27-25(33-28-23)17-8-4-5-9-18(17)26-24(29)22-13-15-7-3-6-10-19(15)32-22/h3-14H,1-2H3,(H,26,29). The van der Waals surface area contributed by atoms with Crippen molar-refractivity contribution < 1.29 is 23.2 Å². The molecule has 0 bridgehead atoms. The van der Waals surface area contributed by atoms with Crippen molar-refractivity contribution >= 4 is 22.6 Å². The number of furan rings is 1.